The molecule has 0 saturated carbocycles. The number of hydrogen-bond acceptors (Lipinski definition) is 3. The van der Waals surface area contributed by atoms with Crippen LogP contribution >= 0.6 is 0 Å². The van der Waals surface area contributed by atoms with Gasteiger partial charge in [0, 0.05) is 12.7 Å². The maximum Gasteiger partial charge on any atom is 0.167 e. The molecule has 0 spiro atoms. The van der Waals surface area contributed by atoms with Crippen LogP contribution in [0, 0.1) is 0 Å². The Balaban J connectivity index is 4.17. The first-order chi connectivity index (χ1) is 4.26. The Morgan fingerprint density at radius 2 is 2.33 bits per heavy atom. The van der Waals surface area contributed by atoms with Gasteiger partial charge in [0.25, 0.3) is 0 Å². The molecule has 0 aliphatic heterocycles. The maximum absolute atomic E-state index is 10.0. The van der Waals surface area contributed by atoms with E-state index in [9.17, 15) is 4.79 Å². The van der Waals surface area contributed by atoms with E-state index < -0.39 is 0 Å². The van der Waals surface area contributed by atoms with Crippen molar-refractivity contribution in [2.45, 2.75) is 13.3 Å². The van der Waals surface area contributed by atoms with Gasteiger partial charge < -0.3 is 11.1 Å². The zero-order valence-electron chi connectivity index (χ0n) is 5.77. The van der Waals surface area contributed by atoms with E-state index in [1.165, 1.54) is 0 Å². The van der Waals surface area contributed by atoms with E-state index in [2.05, 4.69) is 5.32 Å². The molecular formula is C6H12N2O. The van der Waals surface area contributed by atoms with E-state index in [1.807, 2.05) is 6.92 Å². The third-order valence-corrected chi connectivity index (χ3v) is 1.13. The third-order valence-electron chi connectivity index (χ3n) is 1.13. The molecule has 0 aliphatic carbocycles. The lowest BCUT2D eigenvalue weighted by Gasteiger charge is -2.02. The van der Waals surface area contributed by atoms with Crippen molar-refractivity contribution in [3.8, 4) is 0 Å². The summed E-state index contributed by atoms with van der Waals surface area (Å²) < 4.78 is 0. The molecule has 0 rings (SSSR count). The molecule has 0 radical (unpaired) electrons. The molecule has 0 bridgehead atoms. The fourth-order valence-electron chi connectivity index (χ4n) is 0.596. The number of hydrogen-bond donors (Lipinski definition) is 2. The Morgan fingerprint density at radius 1 is 1.78 bits per heavy atom. The Bertz CT molecular complexity index is 123. The molecule has 3 nitrogen and oxygen atoms in total. The van der Waals surface area contributed by atoms with Crippen molar-refractivity contribution in [2.75, 3.05) is 7.05 Å². The minimum Gasteiger partial charge on any atom is -0.395 e. The van der Waals surface area contributed by atoms with Crippen molar-refractivity contribution >= 4 is 6.29 Å². The Morgan fingerprint density at radius 3 is 2.44 bits per heavy atom. The summed E-state index contributed by atoms with van der Waals surface area (Å²) in [6.45, 7) is 1.93. The quantitative estimate of drug-likeness (QED) is 0.415. The molecule has 0 aliphatic rings. The number of carbonyl (C=O) groups is 1. The number of nitrogens with one attached hydrogen (secondary N) is 1. The van der Waals surface area contributed by atoms with Crippen LogP contribution in [-0.4, -0.2) is 13.3 Å². The van der Waals surface area contributed by atoms with Gasteiger partial charge in [-0.15, -0.1) is 0 Å². The molecule has 0 unspecified atom stereocenters. The molecule has 52 valence electrons. The SMILES string of the molecule is CC/C(NC)=C(\N)C=O. The lowest BCUT2D eigenvalue weighted by Crippen LogP contribution is -2.13. The van der Waals surface area contributed by atoms with Crippen molar-refractivity contribution < 1.29 is 4.79 Å². The molecule has 0 atom stereocenters. The molecule has 0 fully saturated rings. The van der Waals surface area contributed by atoms with Crippen molar-refractivity contribution in [3.05, 3.63) is 11.4 Å². The molecule has 0 aromatic carbocycles. The van der Waals surface area contributed by atoms with E-state index in [0.29, 0.717) is 12.0 Å². The lowest BCUT2D eigenvalue weighted by atomic mass is 10.3. The van der Waals surface area contributed by atoms with Crippen LogP contribution in [0.1, 0.15) is 13.3 Å². The molecule has 9 heavy (non-hydrogen) atoms. The van der Waals surface area contributed by atoms with Gasteiger partial charge in [0.05, 0.1) is 5.70 Å². The van der Waals surface area contributed by atoms with Crippen LogP contribution in [0.4, 0.5) is 0 Å². The number of aldehydes is 1. The summed E-state index contributed by atoms with van der Waals surface area (Å²) in [6, 6.07) is 0. The maximum atomic E-state index is 10.0. The predicted molar refractivity (Wildman–Crippen MR) is 36.6 cm³/mol. The van der Waals surface area contributed by atoms with E-state index in [-0.39, 0.29) is 0 Å². The van der Waals surface area contributed by atoms with Gasteiger partial charge in [-0.1, -0.05) is 6.92 Å². The second kappa shape index (κ2) is 3.95. The van der Waals surface area contributed by atoms with Crippen LogP contribution < -0.4 is 11.1 Å². The van der Waals surface area contributed by atoms with E-state index >= 15 is 0 Å². The largest absolute Gasteiger partial charge is 0.395 e. The second-order valence-electron chi connectivity index (χ2n) is 1.66. The Kier molecular flexibility index (Phi) is 3.51. The Hall–Kier alpha value is -0.990. The zero-order chi connectivity index (χ0) is 7.28. The van der Waals surface area contributed by atoms with Crippen molar-refractivity contribution in [3.63, 3.8) is 0 Å². The second-order valence-corrected chi connectivity index (χ2v) is 1.66. The van der Waals surface area contributed by atoms with Gasteiger partial charge >= 0.3 is 0 Å². The summed E-state index contributed by atoms with van der Waals surface area (Å²) in [5.74, 6) is 0. The minimum absolute atomic E-state index is 0.292. The zero-order valence-corrected chi connectivity index (χ0v) is 5.77. The highest BCUT2D eigenvalue weighted by Gasteiger charge is 1.94. The van der Waals surface area contributed by atoms with Crippen molar-refractivity contribution in [2.24, 2.45) is 5.73 Å². The van der Waals surface area contributed by atoms with Crippen LogP contribution in [0.25, 0.3) is 0 Å². The highest BCUT2D eigenvalue weighted by Crippen LogP contribution is 1.95. The fourth-order valence-corrected chi connectivity index (χ4v) is 0.596. The summed E-state index contributed by atoms with van der Waals surface area (Å²) in [5.41, 5.74) is 6.38. The van der Waals surface area contributed by atoms with Crippen LogP contribution in [0.15, 0.2) is 11.4 Å². The number of rotatable bonds is 3. The van der Waals surface area contributed by atoms with Crippen LogP contribution in [0.3, 0.4) is 0 Å². The van der Waals surface area contributed by atoms with Gasteiger partial charge in [0.1, 0.15) is 0 Å². The number of carbonyl (C=O) groups excluding carboxylic acids is 1. The van der Waals surface area contributed by atoms with Gasteiger partial charge in [0.15, 0.2) is 6.29 Å². The molecule has 3 heteroatoms. The van der Waals surface area contributed by atoms with Gasteiger partial charge in [-0.25, -0.2) is 0 Å². The summed E-state index contributed by atoms with van der Waals surface area (Å²) in [7, 11) is 1.75. The van der Waals surface area contributed by atoms with E-state index in [4.69, 9.17) is 5.73 Å². The molecule has 0 aromatic heterocycles. The molecular weight excluding hydrogens is 116 g/mol. The lowest BCUT2D eigenvalue weighted by molar-refractivity contribution is -0.105. The van der Waals surface area contributed by atoms with Gasteiger partial charge in [0.2, 0.25) is 0 Å². The first-order valence-electron chi connectivity index (χ1n) is 2.87. The van der Waals surface area contributed by atoms with Crippen molar-refractivity contribution in [1.82, 2.24) is 5.32 Å². The standard InChI is InChI=1S/C6H12N2O/c1-3-6(8-2)5(7)4-9/h4,8H,3,7H2,1-2H3/b6-5+. The number of nitrogens with two attached hydrogens (primary N) is 1. The van der Waals surface area contributed by atoms with Crippen LogP contribution in [-0.2, 0) is 4.79 Å². The summed E-state index contributed by atoms with van der Waals surface area (Å²) in [5, 5.41) is 2.83. The molecule has 0 saturated heterocycles. The van der Waals surface area contributed by atoms with Crippen LogP contribution in [0.2, 0.25) is 0 Å². The minimum atomic E-state index is 0.292. The monoisotopic (exact) mass is 128 g/mol. The van der Waals surface area contributed by atoms with E-state index in [1.54, 1.807) is 7.05 Å². The highest BCUT2D eigenvalue weighted by molar-refractivity contribution is 5.72. The van der Waals surface area contributed by atoms with Crippen LogP contribution in [0.5, 0.6) is 0 Å². The first kappa shape index (κ1) is 8.01. The summed E-state index contributed by atoms with van der Waals surface area (Å²) in [6.07, 6.45) is 1.41. The van der Waals surface area contributed by atoms with Gasteiger partial charge in [-0.2, -0.15) is 0 Å². The fraction of sp³-hybridized carbons (Fsp3) is 0.500. The number of allylic oxidation sites excluding steroid dienone is 2. The van der Waals surface area contributed by atoms with Gasteiger partial charge in [-0.05, 0) is 6.42 Å². The third kappa shape index (κ3) is 2.17. The molecule has 0 amide bonds. The van der Waals surface area contributed by atoms with E-state index in [0.717, 1.165) is 12.1 Å². The average molecular weight is 128 g/mol. The molecule has 3 N–H and O–H groups in total. The predicted octanol–water partition coefficient (Wildman–Crippen LogP) is -0.0150. The topological polar surface area (TPSA) is 55.1 Å². The average Bonchev–Trinajstić information content (AvgIpc) is 1.90. The highest BCUT2D eigenvalue weighted by atomic mass is 16.1. The summed E-state index contributed by atoms with van der Waals surface area (Å²) in [4.78, 5) is 10.0. The van der Waals surface area contributed by atoms with Crippen molar-refractivity contribution in [1.29, 1.82) is 0 Å². The molecule has 0 heterocycles. The smallest absolute Gasteiger partial charge is 0.167 e. The molecule has 0 aromatic rings. The van der Waals surface area contributed by atoms with Gasteiger partial charge in [-0.3, -0.25) is 4.79 Å². The normalized spacial score (nSPS) is 12.2. The first-order valence-corrected chi connectivity index (χ1v) is 2.87. The Labute approximate surface area is 54.9 Å². The summed E-state index contributed by atoms with van der Waals surface area (Å²) >= 11 is 0.